The fourth-order valence-electron chi connectivity index (χ4n) is 6.46. The summed E-state index contributed by atoms with van der Waals surface area (Å²) in [6, 6.07) is 50.1. The first kappa shape index (κ1) is 42.9. The molecule has 0 saturated carbocycles. The molecule has 8 rings (SSSR count). The van der Waals surface area contributed by atoms with Crippen LogP contribution in [-0.2, 0) is 33.2 Å². The summed E-state index contributed by atoms with van der Waals surface area (Å²) in [6.45, 7) is 4.31. The summed E-state index contributed by atoms with van der Waals surface area (Å²) in [5.74, 6) is 0. The van der Waals surface area contributed by atoms with Crippen molar-refractivity contribution in [3.63, 3.8) is 0 Å². The van der Waals surface area contributed by atoms with Crippen LogP contribution in [0.15, 0.2) is 170 Å². The molecule has 0 aliphatic heterocycles. The van der Waals surface area contributed by atoms with Crippen LogP contribution in [0.1, 0.15) is 11.1 Å². The van der Waals surface area contributed by atoms with Crippen molar-refractivity contribution in [1.82, 2.24) is 0 Å². The van der Waals surface area contributed by atoms with Crippen LogP contribution in [0.2, 0.25) is 13.1 Å². The Kier molecular flexibility index (Phi) is 15.2. The number of halogens is 8. The summed E-state index contributed by atoms with van der Waals surface area (Å²) >= 11 is -0.826. The van der Waals surface area contributed by atoms with Crippen molar-refractivity contribution in [1.29, 1.82) is 0 Å². The average molecular weight is 891 g/mol. The Balaban J connectivity index is 0.000000188. The van der Waals surface area contributed by atoms with Crippen molar-refractivity contribution in [2.45, 2.75) is 25.4 Å². The Bertz CT molecular complexity index is 2280. The third-order valence-electron chi connectivity index (χ3n) is 8.76. The molecule has 8 aromatic carbocycles. The Labute approximate surface area is 344 Å². The van der Waals surface area contributed by atoms with E-state index in [1.54, 1.807) is 36.4 Å². The first-order valence-corrected chi connectivity index (χ1v) is 25.6. The van der Waals surface area contributed by atoms with E-state index in [1.165, 1.54) is 24.3 Å². The molecular weight excluding hydrogens is 857 g/mol. The number of hydrogen-bond donors (Lipinski definition) is 0. The van der Waals surface area contributed by atoms with Gasteiger partial charge in [-0.1, -0.05) is 157 Å². The van der Waals surface area contributed by atoms with Crippen LogP contribution in [0.5, 0.6) is 0 Å². The normalized spacial score (nSPS) is 11.0. The number of hydrogen-bond acceptors (Lipinski definition) is 0. The predicted molar refractivity (Wildman–Crippen MR) is 220 cm³/mol. The van der Waals surface area contributed by atoms with Crippen LogP contribution < -0.4 is 0 Å². The fraction of sp³-hybridized carbons (Fsp3) is 0.0870. The molecule has 0 saturated heterocycles. The molecule has 0 aliphatic carbocycles. The average Bonchev–Trinajstić information content (AvgIpc) is 3.84. The molecule has 2 radical (unpaired) electrons. The molecule has 0 spiro atoms. The molecule has 0 N–H and O–H groups in total. The second-order valence-corrected chi connectivity index (χ2v) is 17.2. The maximum absolute atomic E-state index is 13.4. The van der Waals surface area contributed by atoms with Gasteiger partial charge >= 0.3 is 50.2 Å². The molecular formula is C46H34Cl2F6SiZr. The van der Waals surface area contributed by atoms with Gasteiger partial charge in [-0.2, -0.15) is 26.3 Å². The van der Waals surface area contributed by atoms with Crippen molar-refractivity contribution in [3.8, 4) is 44.5 Å². The van der Waals surface area contributed by atoms with E-state index < -0.39 is 44.3 Å². The summed E-state index contributed by atoms with van der Waals surface area (Å²) in [4.78, 5) is 0. The summed E-state index contributed by atoms with van der Waals surface area (Å²) in [5.41, 5.74) is 4.54. The molecule has 56 heavy (non-hydrogen) atoms. The maximum atomic E-state index is 13.4. The van der Waals surface area contributed by atoms with Crippen LogP contribution in [0, 0.1) is 0 Å². The molecule has 0 bridgehead atoms. The third-order valence-corrected chi connectivity index (χ3v) is 8.76. The molecule has 8 aromatic rings. The van der Waals surface area contributed by atoms with Gasteiger partial charge in [-0.05, 0) is 23.3 Å². The van der Waals surface area contributed by atoms with Gasteiger partial charge in [0.05, 0.1) is 11.1 Å². The number of alkyl halides is 6. The van der Waals surface area contributed by atoms with E-state index in [2.05, 4.69) is 13.1 Å². The Morgan fingerprint density at radius 2 is 0.750 bits per heavy atom. The molecule has 0 aromatic heterocycles. The summed E-state index contributed by atoms with van der Waals surface area (Å²) in [7, 11) is 11.0. The van der Waals surface area contributed by atoms with Gasteiger partial charge in [0.2, 0.25) is 0 Å². The van der Waals surface area contributed by atoms with E-state index >= 15 is 0 Å². The zero-order valence-electron chi connectivity index (χ0n) is 30.2. The molecule has 0 heterocycles. The molecule has 282 valence electrons. The van der Waals surface area contributed by atoms with Crippen molar-refractivity contribution < 1.29 is 47.2 Å². The molecule has 0 nitrogen and oxygen atoms in total. The number of benzene rings is 6. The quantitative estimate of drug-likeness (QED) is 0.0938. The topological polar surface area (TPSA) is 0 Å². The minimum absolute atomic E-state index is 0.214. The Morgan fingerprint density at radius 1 is 0.446 bits per heavy atom. The number of fused-ring (bicyclic) bond motifs is 2. The van der Waals surface area contributed by atoms with Gasteiger partial charge < -0.3 is 0 Å². The zero-order chi connectivity index (χ0) is 40.3. The van der Waals surface area contributed by atoms with Crippen molar-refractivity contribution in [2.24, 2.45) is 0 Å². The third kappa shape index (κ3) is 10.6. The second kappa shape index (κ2) is 19.8. The van der Waals surface area contributed by atoms with Crippen LogP contribution >= 0.6 is 17.0 Å². The monoisotopic (exact) mass is 888 g/mol. The molecule has 0 unspecified atom stereocenters. The zero-order valence-corrected chi connectivity index (χ0v) is 35.2. The molecule has 0 atom stereocenters. The minimum atomic E-state index is -4.38. The summed E-state index contributed by atoms with van der Waals surface area (Å²) < 4.78 is 80.4. The van der Waals surface area contributed by atoms with Crippen molar-refractivity contribution >= 4 is 48.1 Å². The van der Waals surface area contributed by atoms with Gasteiger partial charge in [0.1, 0.15) is 0 Å². The van der Waals surface area contributed by atoms with Crippen molar-refractivity contribution in [3.05, 3.63) is 181 Å². The van der Waals surface area contributed by atoms with Crippen LogP contribution in [0.3, 0.4) is 0 Å². The Hall–Kier alpha value is -4.20. The van der Waals surface area contributed by atoms with Gasteiger partial charge in [0, 0.05) is 9.52 Å². The fourth-order valence-corrected chi connectivity index (χ4v) is 6.46. The van der Waals surface area contributed by atoms with Crippen LogP contribution in [0.4, 0.5) is 26.3 Å². The van der Waals surface area contributed by atoms with Crippen molar-refractivity contribution in [2.75, 3.05) is 0 Å². The molecule has 10 heteroatoms. The number of rotatable bonds is 4. The predicted octanol–water partition coefficient (Wildman–Crippen LogP) is 16.0. The first-order valence-electron chi connectivity index (χ1n) is 17.3. The van der Waals surface area contributed by atoms with Gasteiger partial charge in [0.25, 0.3) is 0 Å². The summed E-state index contributed by atoms with van der Waals surface area (Å²) in [6.07, 6.45) is -8.76. The summed E-state index contributed by atoms with van der Waals surface area (Å²) in [5, 5.41) is 3.54. The van der Waals surface area contributed by atoms with E-state index in [9.17, 15) is 26.3 Å². The van der Waals surface area contributed by atoms with Gasteiger partial charge in [-0.25, -0.2) is 0 Å². The van der Waals surface area contributed by atoms with Gasteiger partial charge in [-0.15, -0.1) is 69.1 Å². The molecule has 0 amide bonds. The van der Waals surface area contributed by atoms with E-state index in [1.807, 2.05) is 97.1 Å². The van der Waals surface area contributed by atoms with E-state index in [0.717, 1.165) is 65.5 Å². The molecule has 0 fully saturated rings. The van der Waals surface area contributed by atoms with E-state index in [0.29, 0.717) is 11.1 Å². The Morgan fingerprint density at radius 3 is 1.09 bits per heavy atom. The van der Waals surface area contributed by atoms with E-state index in [4.69, 9.17) is 17.0 Å². The molecule has 0 aliphatic rings. The van der Waals surface area contributed by atoms with Gasteiger partial charge in [0.15, 0.2) is 0 Å². The van der Waals surface area contributed by atoms with Gasteiger partial charge in [-0.3, -0.25) is 0 Å². The van der Waals surface area contributed by atoms with E-state index in [-0.39, 0.29) is 11.1 Å². The second-order valence-electron chi connectivity index (χ2n) is 12.5. The van der Waals surface area contributed by atoms with Crippen LogP contribution in [0.25, 0.3) is 66.1 Å². The van der Waals surface area contributed by atoms with Crippen LogP contribution in [-0.4, -0.2) is 9.52 Å². The SMILES string of the molecule is C[Si]C.FC(F)(F)c1ccccc1-c1cccc2[cH-]c(-c3ccccc3)cc12.FC(F)(F)c1ccccc1-c1cccc2[cH-]c(-c3ccccc3)cc12.[Cl][Zr+2][Cl]. The first-order chi connectivity index (χ1) is 26.9. The standard InChI is InChI=1S/2C22H14F3.C2H6Si.2ClH.Zr/c2*23-22(24,25)21-12-5-4-10-19(21)18-11-6-9-16-13-17(14-20(16)18)15-7-2-1-3-8-15;1-3-2;;;/h2*1-14H;1-2H3;2*1H;/q2*-1;;;;+4/p-2.